The van der Waals surface area contributed by atoms with Crippen LogP contribution in [0.5, 0.6) is 0 Å². The first-order valence-corrected chi connectivity index (χ1v) is 4.88. The van der Waals surface area contributed by atoms with Crippen LogP contribution in [0.2, 0.25) is 0 Å². The zero-order chi connectivity index (χ0) is 10.6. The quantitative estimate of drug-likeness (QED) is 0.648. The van der Waals surface area contributed by atoms with Crippen molar-refractivity contribution in [3.63, 3.8) is 0 Å². The van der Waals surface area contributed by atoms with Crippen LogP contribution in [0.15, 0.2) is 0 Å². The molecule has 4 nitrogen and oxygen atoms in total. The maximum atomic E-state index is 9.08. The minimum absolute atomic E-state index is 0.314. The number of hydrogen-bond acceptors (Lipinski definition) is 4. The summed E-state index contributed by atoms with van der Waals surface area (Å²) in [6, 6.07) is 2.79. The molecule has 0 aliphatic heterocycles. The molecule has 0 heterocycles. The fraction of sp³-hybridized carbons (Fsp3) is 0.900. The third-order valence-corrected chi connectivity index (χ3v) is 2.45. The highest BCUT2D eigenvalue weighted by Crippen LogP contribution is 2.24. The third kappa shape index (κ3) is 3.26. The lowest BCUT2D eigenvalue weighted by atomic mass is 9.99. The second-order valence-corrected chi connectivity index (χ2v) is 3.97. The molecular weight excluding hydrogens is 180 g/mol. The van der Waals surface area contributed by atoms with E-state index in [0.29, 0.717) is 12.5 Å². The molecule has 1 atom stereocenters. The van der Waals surface area contributed by atoms with Crippen LogP contribution in [0.1, 0.15) is 26.2 Å². The maximum absolute atomic E-state index is 9.08. The van der Waals surface area contributed by atoms with E-state index in [-0.39, 0.29) is 6.29 Å². The van der Waals surface area contributed by atoms with Gasteiger partial charge in [0.25, 0.3) is 0 Å². The molecule has 1 rings (SSSR count). The number of nitrogens with one attached hydrogen (secondary N) is 1. The molecule has 1 N–H and O–H groups in total. The van der Waals surface area contributed by atoms with Gasteiger partial charge in [-0.2, -0.15) is 5.26 Å². The fourth-order valence-electron chi connectivity index (χ4n) is 1.41. The Kier molecular flexibility index (Phi) is 3.87. The molecule has 1 aliphatic carbocycles. The molecule has 1 unspecified atom stereocenters. The summed E-state index contributed by atoms with van der Waals surface area (Å²) < 4.78 is 10.2. The Morgan fingerprint density at radius 3 is 2.43 bits per heavy atom. The lowest BCUT2D eigenvalue weighted by Crippen LogP contribution is -2.45. The average Bonchev–Trinajstić information content (AvgIpc) is 2.98. The van der Waals surface area contributed by atoms with Crippen molar-refractivity contribution >= 4 is 0 Å². The van der Waals surface area contributed by atoms with Crippen LogP contribution in [-0.2, 0) is 9.47 Å². The number of methoxy groups -OCH3 is 2. The Hall–Kier alpha value is -0.630. The number of rotatable bonds is 6. The molecule has 0 saturated heterocycles. The van der Waals surface area contributed by atoms with E-state index < -0.39 is 5.54 Å². The van der Waals surface area contributed by atoms with Gasteiger partial charge in [0, 0.05) is 26.7 Å². The van der Waals surface area contributed by atoms with Crippen LogP contribution < -0.4 is 5.32 Å². The van der Waals surface area contributed by atoms with E-state index in [2.05, 4.69) is 11.4 Å². The molecular formula is C10H18N2O2. The fourth-order valence-corrected chi connectivity index (χ4v) is 1.41. The van der Waals surface area contributed by atoms with Crippen LogP contribution in [0.3, 0.4) is 0 Å². The van der Waals surface area contributed by atoms with Gasteiger partial charge in [-0.05, 0) is 19.8 Å². The van der Waals surface area contributed by atoms with Gasteiger partial charge >= 0.3 is 0 Å². The Morgan fingerprint density at radius 1 is 1.50 bits per heavy atom. The van der Waals surface area contributed by atoms with E-state index in [1.54, 1.807) is 14.2 Å². The molecule has 1 aliphatic rings. The van der Waals surface area contributed by atoms with E-state index in [4.69, 9.17) is 14.7 Å². The Bertz CT molecular complexity index is 219. The normalized spacial score (nSPS) is 20.5. The van der Waals surface area contributed by atoms with Crippen LogP contribution in [-0.4, -0.2) is 32.1 Å². The minimum atomic E-state index is -0.544. The van der Waals surface area contributed by atoms with Gasteiger partial charge in [0.05, 0.1) is 6.07 Å². The summed E-state index contributed by atoms with van der Waals surface area (Å²) in [5.41, 5.74) is -0.544. The monoisotopic (exact) mass is 198 g/mol. The predicted octanol–water partition coefficient (Wildman–Crippen LogP) is 1.03. The van der Waals surface area contributed by atoms with Crippen LogP contribution in [0.4, 0.5) is 0 Å². The van der Waals surface area contributed by atoms with Crippen molar-refractivity contribution in [2.45, 2.75) is 44.1 Å². The Labute approximate surface area is 85.2 Å². The highest BCUT2D eigenvalue weighted by atomic mass is 16.7. The number of hydrogen-bond donors (Lipinski definition) is 1. The Morgan fingerprint density at radius 2 is 2.07 bits per heavy atom. The molecule has 0 aromatic heterocycles. The largest absolute Gasteiger partial charge is 0.356 e. The van der Waals surface area contributed by atoms with Gasteiger partial charge in [0.2, 0.25) is 0 Å². The van der Waals surface area contributed by atoms with Crippen molar-refractivity contribution in [1.29, 1.82) is 5.26 Å². The summed E-state index contributed by atoms with van der Waals surface area (Å²) in [7, 11) is 3.17. The van der Waals surface area contributed by atoms with E-state index in [0.717, 1.165) is 0 Å². The maximum Gasteiger partial charge on any atom is 0.159 e. The van der Waals surface area contributed by atoms with E-state index in [9.17, 15) is 0 Å². The van der Waals surface area contributed by atoms with Gasteiger partial charge in [0.15, 0.2) is 6.29 Å². The van der Waals surface area contributed by atoms with Gasteiger partial charge in [-0.1, -0.05) is 0 Å². The molecule has 0 radical (unpaired) electrons. The van der Waals surface area contributed by atoms with Crippen LogP contribution in [0.25, 0.3) is 0 Å². The lowest BCUT2D eigenvalue weighted by molar-refractivity contribution is -0.114. The van der Waals surface area contributed by atoms with Gasteiger partial charge in [-0.3, -0.25) is 5.32 Å². The summed E-state index contributed by atoms with van der Waals surface area (Å²) in [4.78, 5) is 0. The molecule has 4 heteroatoms. The van der Waals surface area contributed by atoms with E-state index in [1.807, 2.05) is 6.92 Å². The van der Waals surface area contributed by atoms with Crippen molar-refractivity contribution < 1.29 is 9.47 Å². The van der Waals surface area contributed by atoms with Crippen molar-refractivity contribution in [1.82, 2.24) is 5.32 Å². The second kappa shape index (κ2) is 4.74. The van der Waals surface area contributed by atoms with Crippen molar-refractivity contribution in [2.24, 2.45) is 0 Å². The third-order valence-electron chi connectivity index (χ3n) is 2.45. The topological polar surface area (TPSA) is 54.3 Å². The molecule has 14 heavy (non-hydrogen) atoms. The number of nitrogens with zero attached hydrogens (tertiary/aromatic N) is 1. The lowest BCUT2D eigenvalue weighted by Gasteiger charge is -2.26. The SMILES string of the molecule is COC(CC(C)(C#N)NC1CC1)OC. The van der Waals surface area contributed by atoms with E-state index >= 15 is 0 Å². The Balaban J connectivity index is 2.46. The standard InChI is InChI=1S/C10H18N2O2/c1-10(7-11,12-8-4-5-8)6-9(13-2)14-3/h8-9,12H,4-6H2,1-3H3. The number of ether oxygens (including phenoxy) is 2. The summed E-state index contributed by atoms with van der Waals surface area (Å²) in [5.74, 6) is 0. The molecule has 0 aromatic rings. The van der Waals surface area contributed by atoms with Crippen LogP contribution >= 0.6 is 0 Å². The van der Waals surface area contributed by atoms with Crippen LogP contribution in [0, 0.1) is 11.3 Å². The minimum Gasteiger partial charge on any atom is -0.356 e. The smallest absolute Gasteiger partial charge is 0.159 e. The molecule has 80 valence electrons. The first-order chi connectivity index (χ1) is 6.63. The molecule has 0 spiro atoms. The molecule has 1 saturated carbocycles. The van der Waals surface area contributed by atoms with E-state index in [1.165, 1.54) is 12.8 Å². The van der Waals surface area contributed by atoms with Gasteiger partial charge in [0.1, 0.15) is 5.54 Å². The van der Waals surface area contributed by atoms with Gasteiger partial charge < -0.3 is 9.47 Å². The first-order valence-electron chi connectivity index (χ1n) is 4.88. The van der Waals surface area contributed by atoms with Gasteiger partial charge in [-0.25, -0.2) is 0 Å². The summed E-state index contributed by atoms with van der Waals surface area (Å²) >= 11 is 0. The number of nitriles is 1. The predicted molar refractivity (Wildman–Crippen MR) is 52.6 cm³/mol. The zero-order valence-corrected chi connectivity index (χ0v) is 9.04. The summed E-state index contributed by atoms with van der Waals surface area (Å²) in [5, 5.41) is 12.4. The zero-order valence-electron chi connectivity index (χ0n) is 9.04. The molecule has 0 amide bonds. The molecule has 0 bridgehead atoms. The highest BCUT2D eigenvalue weighted by Gasteiger charge is 2.34. The highest BCUT2D eigenvalue weighted by molar-refractivity contribution is 5.07. The van der Waals surface area contributed by atoms with Gasteiger partial charge in [-0.15, -0.1) is 0 Å². The molecule has 1 fully saturated rings. The summed E-state index contributed by atoms with van der Waals surface area (Å²) in [6.07, 6.45) is 2.57. The van der Waals surface area contributed by atoms with Crippen molar-refractivity contribution in [3.8, 4) is 6.07 Å². The molecule has 0 aromatic carbocycles. The summed E-state index contributed by atoms with van der Waals surface area (Å²) in [6.45, 7) is 1.89. The van der Waals surface area contributed by atoms with Crippen molar-refractivity contribution in [3.05, 3.63) is 0 Å². The van der Waals surface area contributed by atoms with Crippen molar-refractivity contribution in [2.75, 3.05) is 14.2 Å². The second-order valence-electron chi connectivity index (χ2n) is 3.97. The first kappa shape index (κ1) is 11.4. The average molecular weight is 198 g/mol.